The van der Waals surface area contributed by atoms with E-state index in [-0.39, 0.29) is 37.6 Å². The van der Waals surface area contributed by atoms with E-state index >= 15 is 0 Å². The number of hydrogen-bond donors (Lipinski definition) is 3. The summed E-state index contributed by atoms with van der Waals surface area (Å²) in [4.78, 5) is 34.8. The summed E-state index contributed by atoms with van der Waals surface area (Å²) in [5.41, 5.74) is 10.1. The van der Waals surface area contributed by atoms with Crippen LogP contribution in [0.1, 0.15) is 60.2 Å². The van der Waals surface area contributed by atoms with Crippen LogP contribution in [0.2, 0.25) is 0 Å². The van der Waals surface area contributed by atoms with Crippen LogP contribution in [0, 0.1) is 5.92 Å². The van der Waals surface area contributed by atoms with Gasteiger partial charge in [-0.3, -0.25) is 9.59 Å². The average Bonchev–Trinajstić information content (AvgIpc) is 3.33. The molecule has 2 aromatic heterocycles. The van der Waals surface area contributed by atoms with Crippen molar-refractivity contribution < 1.29 is 19.4 Å². The number of carbonyl (C=O) groups is 2. The van der Waals surface area contributed by atoms with Gasteiger partial charge in [-0.15, -0.1) is 0 Å². The molecule has 2 amide bonds. The molecule has 1 saturated carbocycles. The SMILES string of the molecule is NC(=O)C(NC(=O)C1CCCCC1c1ccc(Cn2c(COCCO)nc3cccnc32)cc1)c1ccccc1. The van der Waals surface area contributed by atoms with Gasteiger partial charge >= 0.3 is 0 Å². The smallest absolute Gasteiger partial charge is 0.244 e. The van der Waals surface area contributed by atoms with E-state index in [1.54, 1.807) is 18.3 Å². The molecule has 0 spiro atoms. The molecule has 1 aliphatic carbocycles. The first kappa shape index (κ1) is 27.5. The van der Waals surface area contributed by atoms with E-state index in [9.17, 15) is 9.59 Å². The number of nitrogens with zero attached hydrogens (tertiary/aromatic N) is 3. The molecule has 40 heavy (non-hydrogen) atoms. The van der Waals surface area contributed by atoms with Crippen LogP contribution in [0.15, 0.2) is 72.9 Å². The normalized spacial score (nSPS) is 17.9. The topological polar surface area (TPSA) is 132 Å². The fourth-order valence-corrected chi connectivity index (χ4v) is 5.62. The highest BCUT2D eigenvalue weighted by molar-refractivity contribution is 5.89. The van der Waals surface area contributed by atoms with Crippen molar-refractivity contribution in [3.63, 3.8) is 0 Å². The second-order valence-electron chi connectivity index (χ2n) is 10.2. The van der Waals surface area contributed by atoms with E-state index < -0.39 is 11.9 Å². The molecule has 0 aliphatic heterocycles. The van der Waals surface area contributed by atoms with E-state index in [1.165, 1.54) is 0 Å². The first-order valence-corrected chi connectivity index (χ1v) is 13.8. The quantitative estimate of drug-likeness (QED) is 0.249. The number of imidazole rings is 1. The minimum absolute atomic E-state index is 0.0461. The molecular weight excluding hydrogens is 506 g/mol. The second-order valence-corrected chi connectivity index (χ2v) is 10.2. The van der Waals surface area contributed by atoms with Crippen LogP contribution in [-0.4, -0.2) is 44.7 Å². The maximum Gasteiger partial charge on any atom is 0.244 e. The molecule has 4 N–H and O–H groups in total. The third-order valence-corrected chi connectivity index (χ3v) is 7.60. The zero-order chi connectivity index (χ0) is 27.9. The van der Waals surface area contributed by atoms with Crippen LogP contribution >= 0.6 is 0 Å². The minimum atomic E-state index is -0.854. The lowest BCUT2D eigenvalue weighted by molar-refractivity contribution is -0.131. The Morgan fingerprint density at radius 3 is 2.58 bits per heavy atom. The largest absolute Gasteiger partial charge is 0.394 e. The standard InChI is InChI=1S/C31H35N5O4/c32-29(38)28(23-7-2-1-3-8-23)35-31(39)25-10-5-4-9-24(25)22-14-12-21(13-15-22)19-36-27(20-40-18-17-37)34-26-11-6-16-33-30(26)36/h1-3,6-8,11-16,24-25,28,37H,4-5,9-10,17-20H2,(H2,32,38)(H,35,39). The van der Waals surface area contributed by atoms with Crippen molar-refractivity contribution in [2.45, 2.75) is 50.8 Å². The van der Waals surface area contributed by atoms with E-state index in [0.29, 0.717) is 12.1 Å². The number of pyridine rings is 1. The predicted octanol–water partition coefficient (Wildman–Crippen LogP) is 3.61. The van der Waals surface area contributed by atoms with Crippen LogP contribution in [0.5, 0.6) is 0 Å². The lowest BCUT2D eigenvalue weighted by Crippen LogP contribution is -2.42. The Balaban J connectivity index is 1.33. The maximum atomic E-state index is 13.5. The zero-order valence-corrected chi connectivity index (χ0v) is 22.4. The number of hydrogen-bond acceptors (Lipinski definition) is 6. The number of benzene rings is 2. The second kappa shape index (κ2) is 12.8. The van der Waals surface area contributed by atoms with Crippen molar-refractivity contribution in [2.75, 3.05) is 13.2 Å². The molecule has 2 heterocycles. The van der Waals surface area contributed by atoms with Gasteiger partial charge in [0.1, 0.15) is 24.0 Å². The summed E-state index contributed by atoms with van der Waals surface area (Å²) >= 11 is 0. The maximum absolute atomic E-state index is 13.5. The highest BCUT2D eigenvalue weighted by Crippen LogP contribution is 2.38. The molecule has 3 unspecified atom stereocenters. The van der Waals surface area contributed by atoms with E-state index in [0.717, 1.165) is 53.8 Å². The van der Waals surface area contributed by atoms with Crippen molar-refractivity contribution in [3.05, 3.63) is 95.4 Å². The number of aliphatic hydroxyl groups is 1. The van der Waals surface area contributed by atoms with Gasteiger partial charge in [-0.2, -0.15) is 0 Å². The number of ether oxygens (including phenoxy) is 1. The van der Waals surface area contributed by atoms with Gasteiger partial charge in [-0.05, 0) is 47.6 Å². The molecule has 4 aromatic rings. The summed E-state index contributed by atoms with van der Waals surface area (Å²) < 4.78 is 7.59. The Bertz CT molecular complexity index is 1440. The first-order valence-electron chi connectivity index (χ1n) is 13.8. The van der Waals surface area contributed by atoms with Crippen molar-refractivity contribution in [1.82, 2.24) is 19.9 Å². The molecule has 9 heteroatoms. The molecule has 2 aromatic carbocycles. The monoisotopic (exact) mass is 541 g/mol. The van der Waals surface area contributed by atoms with Gasteiger partial charge < -0.3 is 25.5 Å². The molecule has 0 bridgehead atoms. The number of rotatable bonds is 11. The fraction of sp³-hybridized carbons (Fsp3) is 0.355. The van der Waals surface area contributed by atoms with Crippen LogP contribution in [0.4, 0.5) is 0 Å². The predicted molar refractivity (Wildman–Crippen MR) is 151 cm³/mol. The highest BCUT2D eigenvalue weighted by atomic mass is 16.5. The third kappa shape index (κ3) is 6.21. The number of fused-ring (bicyclic) bond motifs is 1. The summed E-state index contributed by atoms with van der Waals surface area (Å²) in [6.07, 6.45) is 5.45. The molecular formula is C31H35N5O4. The Hall–Kier alpha value is -4.08. The molecule has 208 valence electrons. The van der Waals surface area contributed by atoms with Crippen molar-refractivity contribution >= 4 is 23.0 Å². The van der Waals surface area contributed by atoms with Gasteiger partial charge in [0.05, 0.1) is 19.8 Å². The van der Waals surface area contributed by atoms with Gasteiger partial charge in [0.25, 0.3) is 0 Å². The molecule has 0 radical (unpaired) electrons. The number of carbonyl (C=O) groups excluding carboxylic acids is 2. The number of nitrogens with two attached hydrogens (primary N) is 1. The Labute approximate surface area is 233 Å². The van der Waals surface area contributed by atoms with Gasteiger partial charge in [0.2, 0.25) is 11.8 Å². The van der Waals surface area contributed by atoms with Crippen molar-refractivity contribution in [2.24, 2.45) is 11.7 Å². The summed E-state index contributed by atoms with van der Waals surface area (Å²) in [6, 6.07) is 20.4. The molecule has 3 atom stereocenters. The number of aromatic nitrogens is 3. The molecule has 0 saturated heterocycles. The van der Waals surface area contributed by atoms with Crippen LogP contribution in [0.3, 0.4) is 0 Å². The van der Waals surface area contributed by atoms with E-state index in [4.69, 9.17) is 15.6 Å². The number of aliphatic hydroxyl groups excluding tert-OH is 1. The summed E-state index contributed by atoms with van der Waals surface area (Å²) in [5, 5.41) is 12.0. The first-order chi connectivity index (χ1) is 19.5. The number of nitrogens with one attached hydrogen (secondary N) is 1. The Morgan fingerprint density at radius 1 is 1.05 bits per heavy atom. The minimum Gasteiger partial charge on any atom is -0.394 e. The number of amides is 2. The highest BCUT2D eigenvalue weighted by Gasteiger charge is 2.34. The van der Waals surface area contributed by atoms with Crippen LogP contribution < -0.4 is 11.1 Å². The third-order valence-electron chi connectivity index (χ3n) is 7.60. The van der Waals surface area contributed by atoms with Gasteiger partial charge in [0, 0.05) is 12.1 Å². The van der Waals surface area contributed by atoms with Crippen LogP contribution in [-0.2, 0) is 27.5 Å². The fourth-order valence-electron chi connectivity index (χ4n) is 5.62. The van der Waals surface area contributed by atoms with Crippen LogP contribution in [0.25, 0.3) is 11.2 Å². The average molecular weight is 542 g/mol. The zero-order valence-electron chi connectivity index (χ0n) is 22.4. The summed E-state index contributed by atoms with van der Waals surface area (Å²) in [6.45, 7) is 1.04. The van der Waals surface area contributed by atoms with Crippen molar-refractivity contribution in [1.29, 1.82) is 0 Å². The number of primary amides is 1. The Kier molecular flexibility index (Phi) is 8.83. The van der Waals surface area contributed by atoms with E-state index in [1.807, 2.05) is 34.9 Å². The summed E-state index contributed by atoms with van der Waals surface area (Å²) in [7, 11) is 0. The molecule has 5 rings (SSSR count). The van der Waals surface area contributed by atoms with Gasteiger partial charge in [0.15, 0.2) is 5.65 Å². The molecule has 1 fully saturated rings. The van der Waals surface area contributed by atoms with Gasteiger partial charge in [-0.25, -0.2) is 9.97 Å². The van der Waals surface area contributed by atoms with E-state index in [2.05, 4.69) is 39.6 Å². The Morgan fingerprint density at radius 2 is 1.82 bits per heavy atom. The lowest BCUT2D eigenvalue weighted by atomic mass is 9.74. The molecule has 1 aliphatic rings. The molecule has 9 nitrogen and oxygen atoms in total. The van der Waals surface area contributed by atoms with Gasteiger partial charge in [-0.1, -0.05) is 67.4 Å². The summed E-state index contributed by atoms with van der Waals surface area (Å²) in [5.74, 6) is -0.131. The lowest BCUT2D eigenvalue weighted by Gasteiger charge is -2.32. The van der Waals surface area contributed by atoms with Crippen molar-refractivity contribution in [3.8, 4) is 0 Å².